The number of amides is 1. The Morgan fingerprint density at radius 1 is 1.25 bits per heavy atom. The van der Waals surface area contributed by atoms with Gasteiger partial charge in [0.05, 0.1) is 12.2 Å². The van der Waals surface area contributed by atoms with Gasteiger partial charge in [-0.25, -0.2) is 0 Å². The quantitative estimate of drug-likeness (QED) is 0.846. The first-order valence-electron chi connectivity index (χ1n) is 8.04. The van der Waals surface area contributed by atoms with Gasteiger partial charge in [-0.2, -0.15) is 0 Å². The van der Waals surface area contributed by atoms with Gasteiger partial charge >= 0.3 is 0 Å². The van der Waals surface area contributed by atoms with Crippen LogP contribution in [0.2, 0.25) is 0 Å². The molecule has 5 heteroatoms. The van der Waals surface area contributed by atoms with Crippen molar-refractivity contribution in [3.05, 3.63) is 64.7 Å². The fraction of sp³-hybridized carbons (Fsp3) is 0.316. The number of nitrogens with zero attached hydrogens (tertiary/aromatic N) is 1. The summed E-state index contributed by atoms with van der Waals surface area (Å²) >= 11 is 0. The highest BCUT2D eigenvalue weighted by molar-refractivity contribution is 5.93. The fourth-order valence-electron chi connectivity index (χ4n) is 2.90. The summed E-state index contributed by atoms with van der Waals surface area (Å²) < 4.78 is 5.98. The van der Waals surface area contributed by atoms with E-state index in [1.165, 1.54) is 0 Å². The lowest BCUT2D eigenvalue weighted by Crippen LogP contribution is -2.41. The summed E-state index contributed by atoms with van der Waals surface area (Å²) in [7, 11) is 4.05. The van der Waals surface area contributed by atoms with E-state index in [1.54, 1.807) is 6.07 Å². The van der Waals surface area contributed by atoms with Crippen LogP contribution in [-0.2, 0) is 6.61 Å². The largest absolute Gasteiger partial charge is 0.489 e. The van der Waals surface area contributed by atoms with Crippen LogP contribution in [0, 0.1) is 0 Å². The van der Waals surface area contributed by atoms with Gasteiger partial charge in [0.2, 0.25) is 5.91 Å². The summed E-state index contributed by atoms with van der Waals surface area (Å²) in [6.45, 7) is 2.61. The minimum Gasteiger partial charge on any atom is -0.489 e. The molecule has 1 aliphatic heterocycles. The maximum Gasteiger partial charge on any atom is 0.248 e. The summed E-state index contributed by atoms with van der Waals surface area (Å²) in [5, 5.41) is 3.63. The van der Waals surface area contributed by atoms with Gasteiger partial charge in [-0.3, -0.25) is 15.0 Å². The second-order valence-corrected chi connectivity index (χ2v) is 6.34. The van der Waals surface area contributed by atoms with E-state index in [0.29, 0.717) is 12.2 Å². The van der Waals surface area contributed by atoms with Gasteiger partial charge in [0.25, 0.3) is 0 Å². The van der Waals surface area contributed by atoms with E-state index in [1.807, 2.05) is 38.4 Å². The number of rotatable bonds is 4. The first kappa shape index (κ1) is 16.5. The molecule has 1 heterocycles. The molecule has 3 N–H and O–H groups in total. The number of nitrogens with one attached hydrogen (secondary N) is 1. The van der Waals surface area contributed by atoms with Gasteiger partial charge in [0.1, 0.15) is 12.4 Å². The predicted octanol–water partition coefficient (Wildman–Crippen LogP) is 2.26. The molecule has 0 saturated heterocycles. The fourth-order valence-corrected chi connectivity index (χ4v) is 2.90. The second-order valence-electron chi connectivity index (χ2n) is 6.34. The molecule has 0 spiro atoms. The van der Waals surface area contributed by atoms with Crippen LogP contribution >= 0.6 is 0 Å². The highest BCUT2D eigenvalue weighted by Crippen LogP contribution is 2.36. The summed E-state index contributed by atoms with van der Waals surface area (Å²) in [4.78, 5) is 13.7. The molecule has 2 unspecified atom stereocenters. The van der Waals surface area contributed by atoms with Gasteiger partial charge in [-0.15, -0.1) is 0 Å². The first-order valence-corrected chi connectivity index (χ1v) is 8.04. The third-order valence-electron chi connectivity index (χ3n) is 4.54. The average Bonchev–Trinajstić information content (AvgIpc) is 2.72. The molecular formula is C19H23N3O2. The lowest BCUT2D eigenvalue weighted by Gasteiger charge is -2.28. The van der Waals surface area contributed by atoms with Crippen LogP contribution < -0.4 is 15.8 Å². The zero-order valence-corrected chi connectivity index (χ0v) is 14.2. The third-order valence-corrected chi connectivity index (χ3v) is 4.54. The molecule has 2 aromatic rings. The van der Waals surface area contributed by atoms with Crippen LogP contribution in [0.5, 0.6) is 5.75 Å². The van der Waals surface area contributed by atoms with Crippen LogP contribution in [-0.4, -0.2) is 31.1 Å². The summed E-state index contributed by atoms with van der Waals surface area (Å²) in [6.07, 6.45) is 0.145. The minimum absolute atomic E-state index is 0.0737. The van der Waals surface area contributed by atoms with Crippen molar-refractivity contribution >= 4 is 5.91 Å². The molecule has 0 bridgehead atoms. The second kappa shape index (κ2) is 6.63. The Balaban J connectivity index is 2.12. The first-order chi connectivity index (χ1) is 11.5. The number of primary amides is 1. The van der Waals surface area contributed by atoms with Gasteiger partial charge in [-0.1, -0.05) is 24.3 Å². The smallest absolute Gasteiger partial charge is 0.248 e. The van der Waals surface area contributed by atoms with Crippen LogP contribution in [0.25, 0.3) is 0 Å². The molecule has 126 valence electrons. The molecule has 3 rings (SSSR count). The van der Waals surface area contributed by atoms with Crippen LogP contribution in [0.1, 0.15) is 40.0 Å². The van der Waals surface area contributed by atoms with Crippen molar-refractivity contribution in [2.75, 3.05) is 14.1 Å². The Labute approximate surface area is 142 Å². The topological polar surface area (TPSA) is 67.6 Å². The number of fused-ring (bicyclic) bond motifs is 2. The Hall–Kier alpha value is -2.37. The molecule has 1 aliphatic rings. The van der Waals surface area contributed by atoms with E-state index in [2.05, 4.69) is 29.3 Å². The highest BCUT2D eigenvalue weighted by atomic mass is 16.5. The molecule has 1 amide bonds. The Morgan fingerprint density at radius 3 is 2.71 bits per heavy atom. The van der Waals surface area contributed by atoms with Crippen molar-refractivity contribution in [2.24, 2.45) is 5.73 Å². The maximum absolute atomic E-state index is 11.6. The van der Waals surface area contributed by atoms with Crippen LogP contribution in [0.15, 0.2) is 42.5 Å². The molecule has 5 nitrogen and oxygen atoms in total. The molecule has 0 fully saturated rings. The molecule has 2 aromatic carbocycles. The number of hydrogen-bond donors (Lipinski definition) is 2. The highest BCUT2D eigenvalue weighted by Gasteiger charge is 2.26. The number of ether oxygens (including phenoxy) is 1. The monoisotopic (exact) mass is 325 g/mol. The minimum atomic E-state index is -0.435. The molecule has 0 radical (unpaired) electrons. The lowest BCUT2D eigenvalue weighted by atomic mass is 9.93. The number of nitrogens with two attached hydrogens (primary N) is 1. The molecule has 0 aliphatic carbocycles. The predicted molar refractivity (Wildman–Crippen MR) is 93.9 cm³/mol. The summed E-state index contributed by atoms with van der Waals surface area (Å²) in [5.74, 6) is 0.342. The van der Waals surface area contributed by atoms with Crippen molar-refractivity contribution in [2.45, 2.75) is 25.7 Å². The van der Waals surface area contributed by atoms with Crippen LogP contribution in [0.4, 0.5) is 0 Å². The van der Waals surface area contributed by atoms with Crippen molar-refractivity contribution in [3.63, 3.8) is 0 Å². The molecule has 24 heavy (non-hydrogen) atoms. The Morgan fingerprint density at radius 2 is 2.00 bits per heavy atom. The lowest BCUT2D eigenvalue weighted by molar-refractivity contribution is 0.1000. The SMILES string of the molecule is CC(NC1c2ccccc2COc2ccc(C(N)=O)cc21)N(C)C. The van der Waals surface area contributed by atoms with E-state index in [9.17, 15) is 4.79 Å². The van der Waals surface area contributed by atoms with Crippen molar-refractivity contribution in [1.82, 2.24) is 10.2 Å². The zero-order valence-electron chi connectivity index (χ0n) is 14.2. The normalized spacial score (nSPS) is 17.4. The van der Waals surface area contributed by atoms with E-state index in [4.69, 9.17) is 10.5 Å². The molecular weight excluding hydrogens is 302 g/mol. The number of carbonyl (C=O) groups excluding carboxylic acids is 1. The van der Waals surface area contributed by atoms with E-state index >= 15 is 0 Å². The molecule has 0 aromatic heterocycles. The average molecular weight is 325 g/mol. The summed E-state index contributed by atoms with van der Waals surface area (Å²) in [5.41, 5.74) is 9.19. The van der Waals surface area contributed by atoms with E-state index in [-0.39, 0.29) is 12.2 Å². The Bertz CT molecular complexity index is 758. The van der Waals surface area contributed by atoms with Crippen molar-refractivity contribution in [3.8, 4) is 5.75 Å². The van der Waals surface area contributed by atoms with E-state index in [0.717, 1.165) is 22.4 Å². The zero-order chi connectivity index (χ0) is 17.3. The maximum atomic E-state index is 11.6. The van der Waals surface area contributed by atoms with Gasteiger partial charge in [0, 0.05) is 11.1 Å². The van der Waals surface area contributed by atoms with Gasteiger partial charge in [-0.05, 0) is 50.3 Å². The van der Waals surface area contributed by atoms with Gasteiger partial charge < -0.3 is 10.5 Å². The van der Waals surface area contributed by atoms with E-state index < -0.39 is 5.91 Å². The molecule has 0 saturated carbocycles. The van der Waals surface area contributed by atoms with Crippen molar-refractivity contribution < 1.29 is 9.53 Å². The number of hydrogen-bond acceptors (Lipinski definition) is 4. The van der Waals surface area contributed by atoms with Gasteiger partial charge in [0.15, 0.2) is 0 Å². The van der Waals surface area contributed by atoms with Crippen molar-refractivity contribution in [1.29, 1.82) is 0 Å². The Kier molecular flexibility index (Phi) is 4.55. The number of carbonyl (C=O) groups is 1. The number of benzene rings is 2. The van der Waals surface area contributed by atoms with Crippen LogP contribution in [0.3, 0.4) is 0 Å². The molecule has 2 atom stereocenters. The summed E-state index contributed by atoms with van der Waals surface area (Å²) in [6, 6.07) is 13.5. The third kappa shape index (κ3) is 3.13. The standard InChI is InChI=1S/C19H23N3O2/c1-12(22(2)3)21-18-15-7-5-4-6-14(15)11-24-17-9-8-13(19(20)23)10-16(17)18/h4-10,12,18,21H,11H2,1-3H3,(H2,20,23).